The Balaban J connectivity index is 1.94. The topological polar surface area (TPSA) is 47.6 Å². The summed E-state index contributed by atoms with van der Waals surface area (Å²) in [6.07, 6.45) is 1.75. The first-order chi connectivity index (χ1) is 10.1. The van der Waals surface area contributed by atoms with E-state index in [4.69, 9.17) is 9.47 Å². The molecule has 21 heavy (non-hydrogen) atoms. The molecule has 0 amide bonds. The molecular weight excluding hydrogens is 273 g/mol. The Bertz CT molecular complexity index is 519. The molecule has 0 spiro atoms. The molecule has 1 aromatic rings. The Hall–Kier alpha value is -1.46. The second-order valence-electron chi connectivity index (χ2n) is 5.84. The van der Waals surface area contributed by atoms with E-state index < -0.39 is 0 Å². The van der Waals surface area contributed by atoms with Gasteiger partial charge in [0.25, 0.3) is 0 Å². The third-order valence-electron chi connectivity index (χ3n) is 4.78. The Kier molecular flexibility index (Phi) is 3.95. The summed E-state index contributed by atoms with van der Waals surface area (Å²) in [7, 11) is 3.08. The predicted octanol–water partition coefficient (Wildman–Crippen LogP) is 1.85. The van der Waals surface area contributed by atoms with E-state index in [2.05, 4.69) is 5.32 Å². The second kappa shape index (κ2) is 5.73. The normalized spacial score (nSPS) is 34.7. The zero-order chi connectivity index (χ0) is 15.0. The number of hydrogen-bond acceptors (Lipinski definition) is 4. The van der Waals surface area contributed by atoms with Gasteiger partial charge in [-0.1, -0.05) is 12.1 Å². The molecule has 5 atom stereocenters. The Morgan fingerprint density at radius 1 is 1.24 bits per heavy atom. The van der Waals surface area contributed by atoms with E-state index in [1.807, 2.05) is 0 Å². The maximum atomic E-state index is 13.1. The van der Waals surface area contributed by atoms with E-state index in [-0.39, 0.29) is 35.8 Å². The number of hydrogen-bond donors (Lipinski definition) is 1. The quantitative estimate of drug-likeness (QED) is 0.864. The lowest BCUT2D eigenvalue weighted by atomic mass is 9.76. The fourth-order valence-electron chi connectivity index (χ4n) is 3.82. The van der Waals surface area contributed by atoms with E-state index in [1.54, 1.807) is 19.2 Å². The molecule has 5 unspecified atom stereocenters. The van der Waals surface area contributed by atoms with Crippen LogP contribution in [-0.4, -0.2) is 38.4 Å². The molecule has 2 bridgehead atoms. The van der Waals surface area contributed by atoms with Crippen LogP contribution in [0.3, 0.4) is 0 Å². The van der Waals surface area contributed by atoms with E-state index in [0.29, 0.717) is 6.04 Å². The number of methoxy groups -OCH3 is 2. The maximum Gasteiger partial charge on any atom is 0.310 e. The standard InChI is InChI=1S/C16H20FNO3/c1-20-13-8-11-7-12(9-3-5-10(17)6-4-9)14(15(13)18-11)16(19)21-2/h3-6,11-15,18H,7-8H2,1-2H3. The van der Waals surface area contributed by atoms with Crippen LogP contribution in [0.25, 0.3) is 0 Å². The van der Waals surface area contributed by atoms with Crippen molar-refractivity contribution in [1.82, 2.24) is 5.32 Å². The number of carbonyl (C=O) groups excluding carboxylic acids is 1. The van der Waals surface area contributed by atoms with Crippen LogP contribution in [0.5, 0.6) is 0 Å². The highest BCUT2D eigenvalue weighted by molar-refractivity contribution is 5.75. The zero-order valence-corrected chi connectivity index (χ0v) is 12.2. The van der Waals surface area contributed by atoms with Crippen molar-refractivity contribution in [2.75, 3.05) is 14.2 Å². The van der Waals surface area contributed by atoms with Crippen molar-refractivity contribution >= 4 is 5.97 Å². The molecular formula is C16H20FNO3. The molecule has 2 saturated heterocycles. The number of esters is 1. The number of piperidine rings is 1. The molecule has 2 aliphatic rings. The lowest BCUT2D eigenvalue weighted by molar-refractivity contribution is -0.149. The number of fused-ring (bicyclic) bond motifs is 2. The summed E-state index contributed by atoms with van der Waals surface area (Å²) in [5.74, 6) is -0.761. The van der Waals surface area contributed by atoms with Gasteiger partial charge in [0.15, 0.2) is 0 Å². The summed E-state index contributed by atoms with van der Waals surface area (Å²) in [6, 6.07) is 6.71. The number of halogens is 1. The third-order valence-corrected chi connectivity index (χ3v) is 4.78. The van der Waals surface area contributed by atoms with E-state index >= 15 is 0 Å². The van der Waals surface area contributed by atoms with E-state index in [9.17, 15) is 9.18 Å². The number of ether oxygens (including phenoxy) is 2. The summed E-state index contributed by atoms with van der Waals surface area (Å²) >= 11 is 0. The van der Waals surface area contributed by atoms with Crippen molar-refractivity contribution in [3.63, 3.8) is 0 Å². The van der Waals surface area contributed by atoms with Crippen molar-refractivity contribution in [1.29, 1.82) is 0 Å². The monoisotopic (exact) mass is 293 g/mol. The molecule has 0 radical (unpaired) electrons. The van der Waals surface area contributed by atoms with Gasteiger partial charge in [-0.15, -0.1) is 0 Å². The van der Waals surface area contributed by atoms with Gasteiger partial charge in [-0.2, -0.15) is 0 Å². The van der Waals surface area contributed by atoms with Crippen molar-refractivity contribution in [2.24, 2.45) is 5.92 Å². The average molecular weight is 293 g/mol. The number of rotatable bonds is 3. The summed E-state index contributed by atoms with van der Waals surface area (Å²) in [5, 5.41) is 3.47. The third kappa shape index (κ3) is 2.56. The van der Waals surface area contributed by atoms with Crippen LogP contribution in [0.4, 0.5) is 4.39 Å². The summed E-state index contributed by atoms with van der Waals surface area (Å²) < 4.78 is 23.7. The first-order valence-corrected chi connectivity index (χ1v) is 7.26. The fraction of sp³-hybridized carbons (Fsp3) is 0.562. The van der Waals surface area contributed by atoms with Crippen LogP contribution in [0.1, 0.15) is 24.3 Å². The summed E-state index contributed by atoms with van der Waals surface area (Å²) in [4.78, 5) is 12.3. The van der Waals surface area contributed by atoms with Crippen LogP contribution >= 0.6 is 0 Å². The van der Waals surface area contributed by atoms with Crippen molar-refractivity contribution in [3.8, 4) is 0 Å². The van der Waals surface area contributed by atoms with Gasteiger partial charge in [-0.05, 0) is 30.5 Å². The minimum atomic E-state index is -0.302. The van der Waals surface area contributed by atoms with Crippen LogP contribution in [-0.2, 0) is 14.3 Å². The van der Waals surface area contributed by atoms with Crippen molar-refractivity contribution in [3.05, 3.63) is 35.6 Å². The van der Waals surface area contributed by atoms with Gasteiger partial charge in [0.2, 0.25) is 0 Å². The minimum absolute atomic E-state index is 0.0181. The zero-order valence-electron chi connectivity index (χ0n) is 12.2. The van der Waals surface area contributed by atoms with Crippen LogP contribution in [0.15, 0.2) is 24.3 Å². The SMILES string of the molecule is COC(=O)C1C(c2ccc(F)cc2)CC2CC(OC)C1N2. The second-order valence-corrected chi connectivity index (χ2v) is 5.84. The highest BCUT2D eigenvalue weighted by atomic mass is 19.1. The van der Waals surface area contributed by atoms with Gasteiger partial charge in [-0.25, -0.2) is 4.39 Å². The summed E-state index contributed by atoms with van der Waals surface area (Å²) in [5.41, 5.74) is 0.986. The van der Waals surface area contributed by atoms with Crippen LogP contribution < -0.4 is 5.32 Å². The molecule has 5 heteroatoms. The van der Waals surface area contributed by atoms with Gasteiger partial charge in [0.05, 0.1) is 19.1 Å². The first kappa shape index (κ1) is 14.5. The Morgan fingerprint density at radius 3 is 2.57 bits per heavy atom. The van der Waals surface area contributed by atoms with Gasteiger partial charge in [-0.3, -0.25) is 4.79 Å². The molecule has 3 rings (SSSR count). The van der Waals surface area contributed by atoms with Gasteiger partial charge < -0.3 is 14.8 Å². The highest BCUT2D eigenvalue weighted by Gasteiger charge is 2.51. The molecule has 1 aromatic carbocycles. The predicted molar refractivity (Wildman–Crippen MR) is 75.4 cm³/mol. The lowest BCUT2D eigenvalue weighted by Crippen LogP contribution is -2.51. The molecule has 4 nitrogen and oxygen atoms in total. The van der Waals surface area contributed by atoms with E-state index in [1.165, 1.54) is 19.2 Å². The minimum Gasteiger partial charge on any atom is -0.469 e. The van der Waals surface area contributed by atoms with Crippen LogP contribution in [0.2, 0.25) is 0 Å². The fourth-order valence-corrected chi connectivity index (χ4v) is 3.82. The van der Waals surface area contributed by atoms with Crippen molar-refractivity contribution < 1.29 is 18.7 Å². The smallest absolute Gasteiger partial charge is 0.310 e. The number of nitrogens with one attached hydrogen (secondary N) is 1. The molecule has 0 aliphatic carbocycles. The number of benzene rings is 1. The Morgan fingerprint density at radius 2 is 1.95 bits per heavy atom. The molecule has 2 heterocycles. The number of carbonyl (C=O) groups is 1. The lowest BCUT2D eigenvalue weighted by Gasteiger charge is -2.37. The van der Waals surface area contributed by atoms with Gasteiger partial charge in [0.1, 0.15) is 5.82 Å². The summed E-state index contributed by atoms with van der Waals surface area (Å²) in [6.45, 7) is 0. The van der Waals surface area contributed by atoms with E-state index in [0.717, 1.165) is 18.4 Å². The van der Waals surface area contributed by atoms with Crippen molar-refractivity contribution in [2.45, 2.75) is 36.9 Å². The molecule has 0 saturated carbocycles. The van der Waals surface area contributed by atoms with Gasteiger partial charge in [0, 0.05) is 25.1 Å². The highest BCUT2D eigenvalue weighted by Crippen LogP contribution is 2.43. The maximum absolute atomic E-state index is 13.1. The first-order valence-electron chi connectivity index (χ1n) is 7.26. The molecule has 114 valence electrons. The molecule has 2 aliphatic heterocycles. The molecule has 2 fully saturated rings. The van der Waals surface area contributed by atoms with Crippen LogP contribution in [0, 0.1) is 11.7 Å². The average Bonchev–Trinajstić information content (AvgIpc) is 2.83. The van der Waals surface area contributed by atoms with Gasteiger partial charge >= 0.3 is 5.97 Å². The largest absolute Gasteiger partial charge is 0.469 e. The molecule has 1 N–H and O–H groups in total. The Labute approximate surface area is 123 Å². The molecule has 0 aromatic heterocycles.